The standard InChI is InChI=1S/C7H17N3O4S/c8-2-4-14-6-7(11)10-3-1-5-15(9,12)13/h1-6,8H2,(H,10,11)(H2,9,12,13). The van der Waals surface area contributed by atoms with Crippen LogP contribution in [0.15, 0.2) is 0 Å². The lowest BCUT2D eigenvalue weighted by molar-refractivity contribution is -0.125. The van der Waals surface area contributed by atoms with Gasteiger partial charge in [0.15, 0.2) is 0 Å². The largest absolute Gasteiger partial charge is 0.370 e. The molecule has 0 saturated carbocycles. The Morgan fingerprint density at radius 3 is 2.60 bits per heavy atom. The van der Waals surface area contributed by atoms with Crippen LogP contribution in [0.1, 0.15) is 6.42 Å². The Hall–Kier alpha value is -0.700. The minimum absolute atomic E-state index is 0.0629. The van der Waals surface area contributed by atoms with Crippen molar-refractivity contribution in [2.24, 2.45) is 10.9 Å². The number of ether oxygens (including phenoxy) is 1. The van der Waals surface area contributed by atoms with Crippen LogP contribution in [0.4, 0.5) is 0 Å². The van der Waals surface area contributed by atoms with Crippen molar-refractivity contribution in [1.29, 1.82) is 0 Å². The van der Waals surface area contributed by atoms with Crippen LogP contribution in [0.25, 0.3) is 0 Å². The van der Waals surface area contributed by atoms with E-state index in [4.69, 9.17) is 15.6 Å². The van der Waals surface area contributed by atoms with Crippen LogP contribution >= 0.6 is 0 Å². The molecule has 1 amide bonds. The third kappa shape index (κ3) is 11.2. The van der Waals surface area contributed by atoms with E-state index in [1.54, 1.807) is 0 Å². The van der Waals surface area contributed by atoms with Crippen molar-refractivity contribution in [2.75, 3.05) is 32.1 Å². The topological polar surface area (TPSA) is 125 Å². The smallest absolute Gasteiger partial charge is 0.245 e. The van der Waals surface area contributed by atoms with Crippen LogP contribution in [0.5, 0.6) is 0 Å². The summed E-state index contributed by atoms with van der Waals surface area (Å²) in [5.74, 6) is -0.436. The number of nitrogens with one attached hydrogen (secondary N) is 1. The summed E-state index contributed by atoms with van der Waals surface area (Å²) in [4.78, 5) is 11.0. The van der Waals surface area contributed by atoms with Gasteiger partial charge in [0.25, 0.3) is 0 Å². The SMILES string of the molecule is NCCOCC(=O)NCCCS(N)(=O)=O. The highest BCUT2D eigenvalue weighted by molar-refractivity contribution is 7.89. The summed E-state index contributed by atoms with van der Waals surface area (Å²) >= 11 is 0. The second-order valence-electron chi connectivity index (χ2n) is 2.91. The second kappa shape index (κ2) is 7.57. The molecule has 0 fully saturated rings. The first-order valence-electron chi connectivity index (χ1n) is 4.50. The first kappa shape index (κ1) is 14.3. The summed E-state index contributed by atoms with van der Waals surface area (Å²) in [5.41, 5.74) is 5.15. The van der Waals surface area contributed by atoms with Crippen molar-refractivity contribution >= 4 is 15.9 Å². The van der Waals surface area contributed by atoms with Crippen molar-refractivity contribution in [3.63, 3.8) is 0 Å². The summed E-state index contributed by atoms with van der Waals surface area (Å²) < 4.78 is 25.9. The number of carbonyl (C=O) groups excluding carboxylic acids is 1. The number of hydrogen-bond donors (Lipinski definition) is 3. The van der Waals surface area contributed by atoms with E-state index < -0.39 is 10.0 Å². The molecule has 5 N–H and O–H groups in total. The molecule has 0 heterocycles. The lowest BCUT2D eigenvalue weighted by Crippen LogP contribution is -2.30. The summed E-state index contributed by atoms with van der Waals surface area (Å²) in [6.07, 6.45) is 0.293. The number of amides is 1. The van der Waals surface area contributed by atoms with E-state index in [2.05, 4.69) is 5.32 Å². The van der Waals surface area contributed by atoms with E-state index in [0.29, 0.717) is 19.6 Å². The summed E-state index contributed by atoms with van der Waals surface area (Å²) in [6.45, 7) is 0.886. The van der Waals surface area contributed by atoms with Crippen LogP contribution in [0, 0.1) is 0 Å². The van der Waals surface area contributed by atoms with Crippen molar-refractivity contribution in [1.82, 2.24) is 5.32 Å². The zero-order valence-corrected chi connectivity index (χ0v) is 9.26. The monoisotopic (exact) mass is 239 g/mol. The number of sulfonamides is 1. The molecule has 0 atom stereocenters. The van der Waals surface area contributed by atoms with E-state index in [1.807, 2.05) is 0 Å². The molecule has 0 unspecified atom stereocenters. The van der Waals surface area contributed by atoms with Gasteiger partial charge in [-0.2, -0.15) is 0 Å². The molecule has 15 heavy (non-hydrogen) atoms. The molecule has 7 nitrogen and oxygen atoms in total. The van der Waals surface area contributed by atoms with Gasteiger partial charge in [0, 0.05) is 13.1 Å². The summed E-state index contributed by atoms with van der Waals surface area (Å²) in [6, 6.07) is 0. The zero-order valence-electron chi connectivity index (χ0n) is 8.44. The Balaban J connectivity index is 3.39. The maximum Gasteiger partial charge on any atom is 0.245 e. The molecule has 0 rings (SSSR count). The first-order valence-corrected chi connectivity index (χ1v) is 6.22. The van der Waals surface area contributed by atoms with Gasteiger partial charge in [0.05, 0.1) is 12.4 Å². The van der Waals surface area contributed by atoms with E-state index in [1.165, 1.54) is 0 Å². The van der Waals surface area contributed by atoms with Crippen LogP contribution in [0.2, 0.25) is 0 Å². The molecule has 0 aliphatic heterocycles. The molecule has 0 saturated heterocycles. The van der Waals surface area contributed by atoms with Gasteiger partial charge in [-0.25, -0.2) is 13.6 Å². The molecular weight excluding hydrogens is 222 g/mol. The Morgan fingerprint density at radius 2 is 2.07 bits per heavy atom. The van der Waals surface area contributed by atoms with Crippen LogP contribution < -0.4 is 16.2 Å². The molecule has 0 radical (unpaired) electrons. The molecule has 90 valence electrons. The molecule has 0 aromatic carbocycles. The zero-order chi connectivity index (χ0) is 11.7. The van der Waals surface area contributed by atoms with Crippen LogP contribution in [-0.2, 0) is 19.6 Å². The lowest BCUT2D eigenvalue weighted by atomic mass is 10.4. The van der Waals surface area contributed by atoms with Crippen LogP contribution in [-0.4, -0.2) is 46.4 Å². The first-order chi connectivity index (χ1) is 6.95. The molecule has 0 aliphatic carbocycles. The third-order valence-corrected chi connectivity index (χ3v) is 2.28. The van der Waals surface area contributed by atoms with Gasteiger partial charge in [-0.3, -0.25) is 4.79 Å². The average molecular weight is 239 g/mol. The lowest BCUT2D eigenvalue weighted by Gasteiger charge is -2.04. The number of nitrogens with two attached hydrogens (primary N) is 2. The fourth-order valence-electron chi connectivity index (χ4n) is 0.800. The Bertz CT molecular complexity index is 278. The van der Waals surface area contributed by atoms with E-state index in [-0.39, 0.29) is 24.8 Å². The highest BCUT2D eigenvalue weighted by Gasteiger charge is 2.03. The molecule has 0 aromatic rings. The Morgan fingerprint density at radius 1 is 1.40 bits per heavy atom. The van der Waals surface area contributed by atoms with E-state index >= 15 is 0 Å². The van der Waals surface area contributed by atoms with E-state index in [9.17, 15) is 13.2 Å². The van der Waals surface area contributed by atoms with Crippen LogP contribution in [0.3, 0.4) is 0 Å². The predicted molar refractivity (Wildman–Crippen MR) is 55.5 cm³/mol. The third-order valence-electron chi connectivity index (χ3n) is 1.42. The molecule has 0 bridgehead atoms. The average Bonchev–Trinajstić information content (AvgIpc) is 2.11. The van der Waals surface area contributed by atoms with Gasteiger partial charge >= 0.3 is 0 Å². The Labute approximate surface area is 89.2 Å². The minimum atomic E-state index is -3.44. The highest BCUT2D eigenvalue weighted by Crippen LogP contribution is 1.83. The van der Waals surface area contributed by atoms with Crippen molar-refractivity contribution < 1.29 is 17.9 Å². The maximum atomic E-state index is 11.0. The van der Waals surface area contributed by atoms with E-state index in [0.717, 1.165) is 0 Å². The number of hydrogen-bond acceptors (Lipinski definition) is 5. The van der Waals surface area contributed by atoms with Gasteiger partial charge in [0.2, 0.25) is 15.9 Å². The maximum absolute atomic E-state index is 11.0. The van der Waals surface area contributed by atoms with Gasteiger partial charge in [-0.15, -0.1) is 0 Å². The van der Waals surface area contributed by atoms with Crippen molar-refractivity contribution in [3.8, 4) is 0 Å². The molecular formula is C7H17N3O4S. The highest BCUT2D eigenvalue weighted by atomic mass is 32.2. The molecule has 0 aliphatic rings. The van der Waals surface area contributed by atoms with Gasteiger partial charge in [-0.1, -0.05) is 0 Å². The summed E-state index contributed by atoms with van der Waals surface area (Å²) in [7, 11) is -3.44. The Kier molecular flexibility index (Phi) is 7.22. The fourth-order valence-corrected chi connectivity index (χ4v) is 1.35. The quantitative estimate of drug-likeness (QED) is 0.413. The van der Waals surface area contributed by atoms with Crippen molar-refractivity contribution in [2.45, 2.75) is 6.42 Å². The number of primary sulfonamides is 1. The second-order valence-corrected chi connectivity index (χ2v) is 4.65. The fraction of sp³-hybridized carbons (Fsp3) is 0.857. The van der Waals surface area contributed by atoms with Gasteiger partial charge in [-0.05, 0) is 6.42 Å². The summed E-state index contributed by atoms with van der Waals surface area (Å²) in [5, 5.41) is 7.26. The minimum Gasteiger partial charge on any atom is -0.370 e. The normalized spacial score (nSPS) is 11.3. The number of rotatable bonds is 8. The number of carbonyl (C=O) groups is 1. The van der Waals surface area contributed by atoms with Gasteiger partial charge < -0.3 is 15.8 Å². The molecule has 0 aromatic heterocycles. The predicted octanol–water partition coefficient (Wildman–Crippen LogP) is -2.24. The van der Waals surface area contributed by atoms with Crippen molar-refractivity contribution in [3.05, 3.63) is 0 Å². The van der Waals surface area contributed by atoms with Gasteiger partial charge in [0.1, 0.15) is 6.61 Å². The molecule has 0 spiro atoms. The molecule has 8 heteroatoms.